The number of hydrogen-bond donors (Lipinski definition) is 10. The molecule has 2 aromatic rings. The molecule has 0 saturated heterocycles. The van der Waals surface area contributed by atoms with Gasteiger partial charge in [0.25, 0.3) is 0 Å². The molecule has 17 nitrogen and oxygen atoms in total. The van der Waals surface area contributed by atoms with Gasteiger partial charge < -0.3 is 54.0 Å². The summed E-state index contributed by atoms with van der Waals surface area (Å²) >= 11 is 0. The molecule has 226 valence electrons. The Morgan fingerprint density at radius 3 is 1.83 bits per heavy atom. The van der Waals surface area contributed by atoms with Gasteiger partial charge >= 0.3 is 5.97 Å². The Morgan fingerprint density at radius 1 is 0.829 bits per heavy atom. The van der Waals surface area contributed by atoms with Gasteiger partial charge in [0, 0.05) is 43.2 Å². The molecule has 0 saturated carbocycles. The van der Waals surface area contributed by atoms with E-state index in [4.69, 9.17) is 22.9 Å². The van der Waals surface area contributed by atoms with E-state index in [0.717, 1.165) is 0 Å². The van der Waals surface area contributed by atoms with E-state index in [1.807, 2.05) is 0 Å². The van der Waals surface area contributed by atoms with Crippen LogP contribution in [0.25, 0.3) is 0 Å². The third-order valence-corrected chi connectivity index (χ3v) is 6.09. The number of rotatable bonds is 19. The molecule has 0 fully saturated rings. The fraction of sp³-hybridized carbons (Fsp3) is 0.542. The summed E-state index contributed by atoms with van der Waals surface area (Å²) in [6.45, 7) is 0.678. The van der Waals surface area contributed by atoms with Gasteiger partial charge in [0.05, 0.1) is 18.7 Å². The van der Waals surface area contributed by atoms with Crippen molar-refractivity contribution in [3.8, 4) is 0 Å². The van der Waals surface area contributed by atoms with E-state index in [1.165, 1.54) is 25.0 Å². The van der Waals surface area contributed by atoms with E-state index in [9.17, 15) is 24.3 Å². The number of aromatic nitrogens is 4. The SMILES string of the molecule is NCCCCC(NC(=O)C(Cc1cnc[nH]1)NC(=O)C(Cc1cnc[nH]1)NC(=O)C(N)CCCN=C(N)N)C(=O)O. The number of hydrogen-bond acceptors (Lipinski definition) is 9. The fourth-order valence-electron chi connectivity index (χ4n) is 3.88. The number of carboxylic acid groups (broad SMARTS) is 1. The zero-order chi connectivity index (χ0) is 30.2. The third-order valence-electron chi connectivity index (χ3n) is 6.09. The van der Waals surface area contributed by atoms with Gasteiger partial charge in [0.1, 0.15) is 18.1 Å². The molecule has 4 unspecified atom stereocenters. The quantitative estimate of drug-likeness (QED) is 0.0455. The summed E-state index contributed by atoms with van der Waals surface area (Å²) in [7, 11) is 0. The number of carbonyl (C=O) groups is 4. The van der Waals surface area contributed by atoms with E-state index >= 15 is 0 Å². The number of nitrogens with one attached hydrogen (secondary N) is 5. The lowest BCUT2D eigenvalue weighted by molar-refractivity contribution is -0.142. The number of H-pyrrole nitrogens is 2. The third kappa shape index (κ3) is 12.0. The van der Waals surface area contributed by atoms with Crippen LogP contribution in [0, 0.1) is 0 Å². The second kappa shape index (κ2) is 17.2. The zero-order valence-electron chi connectivity index (χ0n) is 22.7. The molecule has 0 bridgehead atoms. The lowest BCUT2D eigenvalue weighted by Gasteiger charge is -2.25. The molecule has 0 spiro atoms. The van der Waals surface area contributed by atoms with Crippen molar-refractivity contribution >= 4 is 29.7 Å². The number of imidazole rings is 2. The Hall–Kier alpha value is -4.51. The minimum Gasteiger partial charge on any atom is -0.480 e. The van der Waals surface area contributed by atoms with E-state index < -0.39 is 47.9 Å². The molecule has 41 heavy (non-hydrogen) atoms. The summed E-state index contributed by atoms with van der Waals surface area (Å²) in [5.74, 6) is -3.26. The monoisotopic (exact) mass is 576 g/mol. The summed E-state index contributed by atoms with van der Waals surface area (Å²) in [5, 5.41) is 17.4. The molecule has 4 atom stereocenters. The van der Waals surface area contributed by atoms with Crippen molar-refractivity contribution in [1.29, 1.82) is 0 Å². The van der Waals surface area contributed by atoms with Crippen LogP contribution >= 0.6 is 0 Å². The second-order valence-corrected chi connectivity index (χ2v) is 9.42. The van der Waals surface area contributed by atoms with Crippen molar-refractivity contribution in [3.05, 3.63) is 36.4 Å². The lowest BCUT2D eigenvalue weighted by Crippen LogP contribution is -2.58. The van der Waals surface area contributed by atoms with Crippen LogP contribution in [0.3, 0.4) is 0 Å². The predicted octanol–water partition coefficient (Wildman–Crippen LogP) is -3.03. The van der Waals surface area contributed by atoms with Crippen molar-refractivity contribution in [3.63, 3.8) is 0 Å². The Kier molecular flexibility index (Phi) is 13.7. The molecule has 0 radical (unpaired) electrons. The number of unbranched alkanes of at least 4 members (excludes halogenated alkanes) is 1. The average Bonchev–Trinajstić information content (AvgIpc) is 3.64. The number of carboxylic acids is 1. The zero-order valence-corrected chi connectivity index (χ0v) is 22.7. The normalized spacial score (nSPS) is 13.8. The van der Waals surface area contributed by atoms with Crippen LogP contribution in [0.2, 0.25) is 0 Å². The van der Waals surface area contributed by atoms with E-state index in [1.54, 1.807) is 0 Å². The molecule has 0 aliphatic rings. The number of aromatic amines is 2. The van der Waals surface area contributed by atoms with Gasteiger partial charge in [-0.25, -0.2) is 14.8 Å². The van der Waals surface area contributed by atoms with Crippen molar-refractivity contribution in [2.45, 2.75) is 69.1 Å². The largest absolute Gasteiger partial charge is 0.480 e. The highest BCUT2D eigenvalue weighted by molar-refractivity contribution is 5.94. The summed E-state index contributed by atoms with van der Waals surface area (Å²) in [6.07, 6.45) is 7.77. The molecule has 0 aliphatic heterocycles. The summed E-state index contributed by atoms with van der Waals surface area (Å²) in [4.78, 5) is 68.7. The van der Waals surface area contributed by atoms with Gasteiger partial charge in [-0.2, -0.15) is 0 Å². The van der Waals surface area contributed by atoms with Crippen molar-refractivity contribution in [2.24, 2.45) is 27.9 Å². The average molecular weight is 577 g/mol. The maximum absolute atomic E-state index is 13.5. The highest BCUT2D eigenvalue weighted by Crippen LogP contribution is 2.07. The molecule has 2 rings (SSSR count). The number of amides is 3. The van der Waals surface area contributed by atoms with Crippen LogP contribution in [-0.2, 0) is 32.0 Å². The van der Waals surface area contributed by atoms with Gasteiger partial charge in [-0.15, -0.1) is 0 Å². The summed E-state index contributed by atoms with van der Waals surface area (Å²) in [5.41, 5.74) is 23.2. The number of aliphatic carboxylic acids is 1. The smallest absolute Gasteiger partial charge is 0.326 e. The molecular weight excluding hydrogens is 536 g/mol. The highest BCUT2D eigenvalue weighted by Gasteiger charge is 2.31. The van der Waals surface area contributed by atoms with Crippen LogP contribution in [0.15, 0.2) is 30.0 Å². The molecule has 0 aliphatic carbocycles. The van der Waals surface area contributed by atoms with E-state index in [2.05, 4.69) is 40.9 Å². The molecule has 17 heteroatoms. The van der Waals surface area contributed by atoms with Crippen LogP contribution < -0.4 is 38.9 Å². The first-order valence-corrected chi connectivity index (χ1v) is 13.2. The second-order valence-electron chi connectivity index (χ2n) is 9.42. The maximum atomic E-state index is 13.5. The molecule has 3 amide bonds. The van der Waals surface area contributed by atoms with Gasteiger partial charge in [-0.3, -0.25) is 19.4 Å². The number of nitrogens with zero attached hydrogens (tertiary/aromatic N) is 3. The predicted molar refractivity (Wildman–Crippen MR) is 149 cm³/mol. The van der Waals surface area contributed by atoms with Crippen LogP contribution in [0.1, 0.15) is 43.5 Å². The first kappa shape index (κ1) is 32.7. The van der Waals surface area contributed by atoms with Crippen molar-refractivity contribution in [1.82, 2.24) is 35.9 Å². The summed E-state index contributed by atoms with van der Waals surface area (Å²) in [6, 6.07) is -4.44. The van der Waals surface area contributed by atoms with Crippen LogP contribution in [0.5, 0.6) is 0 Å². The first-order chi connectivity index (χ1) is 19.6. The minimum atomic E-state index is -1.21. The molecular formula is C24H40N12O5. The van der Waals surface area contributed by atoms with Crippen LogP contribution in [0.4, 0.5) is 0 Å². The molecule has 2 heterocycles. The van der Waals surface area contributed by atoms with Gasteiger partial charge in [0.15, 0.2) is 5.96 Å². The number of guanidine groups is 1. The number of nitrogens with two attached hydrogens (primary N) is 4. The van der Waals surface area contributed by atoms with E-state index in [0.29, 0.717) is 37.2 Å². The minimum absolute atomic E-state index is 0.0122. The molecule has 14 N–H and O–H groups in total. The van der Waals surface area contributed by atoms with Crippen molar-refractivity contribution in [2.75, 3.05) is 13.1 Å². The van der Waals surface area contributed by atoms with Gasteiger partial charge in [-0.05, 0) is 38.6 Å². The highest BCUT2D eigenvalue weighted by atomic mass is 16.4. The van der Waals surface area contributed by atoms with E-state index in [-0.39, 0.29) is 38.2 Å². The Labute approximate surface area is 236 Å². The van der Waals surface area contributed by atoms with Crippen LogP contribution in [-0.4, -0.2) is 91.9 Å². The maximum Gasteiger partial charge on any atom is 0.326 e. The first-order valence-electron chi connectivity index (χ1n) is 13.2. The molecule has 0 aromatic carbocycles. The Morgan fingerprint density at radius 2 is 1.37 bits per heavy atom. The number of aliphatic imine (C=N–C) groups is 1. The van der Waals surface area contributed by atoms with Gasteiger partial charge in [-0.1, -0.05) is 0 Å². The van der Waals surface area contributed by atoms with Gasteiger partial charge in [0.2, 0.25) is 17.7 Å². The number of carbonyl (C=O) groups excluding carboxylic acids is 3. The Balaban J connectivity index is 2.17. The van der Waals surface area contributed by atoms with Crippen molar-refractivity contribution < 1.29 is 24.3 Å². The lowest BCUT2D eigenvalue weighted by atomic mass is 10.1. The standard InChI is InChI=1S/C24H40N12O5/c25-6-2-1-5-17(23(40)41)34-21(38)19(9-15-11-30-13-33-15)36-22(39)18(8-14-10-29-12-32-14)35-20(37)16(26)4-3-7-31-24(27)28/h10-13,16-19H,1-9,25-26H2,(H,29,32)(H,30,33)(H,34,38)(H,35,37)(H,36,39)(H,40,41)(H4,27,28,31). The topological polar surface area (TPSA) is 298 Å². The Bertz CT molecular complexity index is 1120. The summed E-state index contributed by atoms with van der Waals surface area (Å²) < 4.78 is 0. The molecule has 2 aromatic heterocycles. The fourth-order valence-corrected chi connectivity index (χ4v) is 3.88.